The monoisotopic (exact) mass is 435 g/mol. The number of ether oxygens (including phenoxy) is 1. The van der Waals surface area contributed by atoms with Crippen LogP contribution < -0.4 is 20.7 Å². The van der Waals surface area contributed by atoms with Crippen molar-refractivity contribution in [1.82, 2.24) is 0 Å². The highest BCUT2D eigenvalue weighted by Gasteiger charge is 2.09. The highest BCUT2D eigenvalue weighted by Crippen LogP contribution is 2.18. The summed E-state index contributed by atoms with van der Waals surface area (Å²) in [5, 5.41) is 8.66. The summed E-state index contributed by atoms with van der Waals surface area (Å²) in [6.07, 6.45) is 6.10. The molecule has 3 aromatic rings. The number of hydrogen-bond donors (Lipinski definition) is 3. The van der Waals surface area contributed by atoms with Crippen LogP contribution in [0.3, 0.4) is 0 Å². The lowest BCUT2D eigenvalue weighted by atomic mass is 10.2. The van der Waals surface area contributed by atoms with Crippen LogP contribution in [0, 0.1) is 0 Å². The van der Waals surface area contributed by atoms with Gasteiger partial charge in [0.15, 0.2) is 5.76 Å². The molecule has 0 aliphatic rings. The van der Waals surface area contributed by atoms with Crippen LogP contribution in [0.1, 0.15) is 43.2 Å². The van der Waals surface area contributed by atoms with Gasteiger partial charge in [0.2, 0.25) is 5.91 Å². The first-order chi connectivity index (χ1) is 15.6. The minimum Gasteiger partial charge on any atom is -0.494 e. The molecule has 2 amide bonds. The number of carbonyl (C=O) groups is 2. The molecule has 0 radical (unpaired) electrons. The SMILES string of the molecule is CCCCCCOc1ccc(NC(=O)CNc2cccc(NC(=O)c3ccco3)c2)cc1. The van der Waals surface area contributed by atoms with Gasteiger partial charge in [-0.05, 0) is 61.0 Å². The first-order valence-electron chi connectivity index (χ1n) is 10.9. The van der Waals surface area contributed by atoms with Crippen LogP contribution in [0.2, 0.25) is 0 Å². The standard InChI is InChI=1S/C25H29N3O4/c1-2-3-4-5-15-31-22-13-11-19(12-14-22)27-24(29)18-26-20-8-6-9-21(17-20)28-25(30)23-10-7-16-32-23/h6-14,16-17,26H,2-5,15,18H2,1H3,(H,27,29)(H,28,30). The van der Waals surface area contributed by atoms with E-state index in [2.05, 4.69) is 22.9 Å². The van der Waals surface area contributed by atoms with Gasteiger partial charge in [0, 0.05) is 17.1 Å². The topological polar surface area (TPSA) is 92.6 Å². The summed E-state index contributed by atoms with van der Waals surface area (Å²) in [4.78, 5) is 24.4. The Morgan fingerprint density at radius 3 is 2.44 bits per heavy atom. The molecule has 7 nitrogen and oxygen atoms in total. The van der Waals surface area contributed by atoms with Crippen molar-refractivity contribution in [3.05, 3.63) is 72.7 Å². The molecule has 168 valence electrons. The van der Waals surface area contributed by atoms with E-state index in [1.54, 1.807) is 30.3 Å². The van der Waals surface area contributed by atoms with E-state index in [1.165, 1.54) is 25.5 Å². The lowest BCUT2D eigenvalue weighted by Crippen LogP contribution is -2.21. The number of benzene rings is 2. The summed E-state index contributed by atoms with van der Waals surface area (Å²) in [5.74, 6) is 0.517. The average Bonchev–Trinajstić information content (AvgIpc) is 3.34. The Labute approximate surface area is 188 Å². The number of hydrogen-bond acceptors (Lipinski definition) is 5. The second kappa shape index (κ2) is 12.2. The van der Waals surface area contributed by atoms with E-state index in [1.807, 2.05) is 30.3 Å². The van der Waals surface area contributed by atoms with Gasteiger partial charge in [-0.3, -0.25) is 9.59 Å². The Bertz CT molecular complexity index is 985. The molecule has 2 aromatic carbocycles. The summed E-state index contributed by atoms with van der Waals surface area (Å²) in [5.41, 5.74) is 2.01. The number of carbonyl (C=O) groups excluding carboxylic acids is 2. The van der Waals surface area contributed by atoms with Gasteiger partial charge in [-0.1, -0.05) is 32.3 Å². The summed E-state index contributed by atoms with van der Waals surface area (Å²) < 4.78 is 10.8. The molecule has 0 saturated carbocycles. The van der Waals surface area contributed by atoms with Gasteiger partial charge in [-0.15, -0.1) is 0 Å². The van der Waals surface area contributed by atoms with E-state index in [9.17, 15) is 9.59 Å². The molecule has 3 rings (SSSR count). The van der Waals surface area contributed by atoms with Crippen molar-refractivity contribution >= 4 is 28.9 Å². The Morgan fingerprint density at radius 1 is 0.875 bits per heavy atom. The zero-order valence-electron chi connectivity index (χ0n) is 18.2. The summed E-state index contributed by atoms with van der Waals surface area (Å²) in [7, 11) is 0. The molecule has 1 aromatic heterocycles. The molecular formula is C25H29N3O4. The number of furan rings is 1. The molecule has 1 heterocycles. The summed E-state index contributed by atoms with van der Waals surface area (Å²) in [6.45, 7) is 2.98. The molecule has 0 unspecified atom stereocenters. The molecule has 0 aliphatic heterocycles. The van der Waals surface area contributed by atoms with E-state index in [4.69, 9.17) is 9.15 Å². The maximum absolute atomic E-state index is 12.3. The molecule has 3 N–H and O–H groups in total. The maximum atomic E-state index is 12.3. The number of nitrogens with one attached hydrogen (secondary N) is 3. The minimum atomic E-state index is -0.335. The van der Waals surface area contributed by atoms with E-state index >= 15 is 0 Å². The van der Waals surface area contributed by atoms with Gasteiger partial charge in [-0.2, -0.15) is 0 Å². The van der Waals surface area contributed by atoms with E-state index < -0.39 is 0 Å². The summed E-state index contributed by atoms with van der Waals surface area (Å²) >= 11 is 0. The Hall–Kier alpha value is -3.74. The largest absolute Gasteiger partial charge is 0.494 e. The second-order valence-electron chi connectivity index (χ2n) is 7.35. The van der Waals surface area contributed by atoms with Crippen molar-refractivity contribution in [2.24, 2.45) is 0 Å². The average molecular weight is 436 g/mol. The van der Waals surface area contributed by atoms with Gasteiger partial charge in [0.25, 0.3) is 5.91 Å². The van der Waals surface area contributed by atoms with Crippen molar-refractivity contribution in [3.63, 3.8) is 0 Å². The van der Waals surface area contributed by atoms with Crippen LogP contribution in [0.4, 0.5) is 17.1 Å². The van der Waals surface area contributed by atoms with Crippen molar-refractivity contribution in [2.45, 2.75) is 32.6 Å². The van der Waals surface area contributed by atoms with Crippen molar-refractivity contribution in [1.29, 1.82) is 0 Å². The first kappa shape index (κ1) is 22.9. The van der Waals surface area contributed by atoms with Gasteiger partial charge in [0.1, 0.15) is 5.75 Å². The maximum Gasteiger partial charge on any atom is 0.291 e. The summed E-state index contributed by atoms with van der Waals surface area (Å²) in [6, 6.07) is 17.7. The van der Waals surface area contributed by atoms with E-state index in [0.717, 1.165) is 12.2 Å². The molecule has 0 spiro atoms. The highest BCUT2D eigenvalue weighted by molar-refractivity contribution is 6.02. The van der Waals surface area contributed by atoms with Gasteiger partial charge in [0.05, 0.1) is 19.4 Å². The molecule has 0 bridgehead atoms. The van der Waals surface area contributed by atoms with Gasteiger partial charge >= 0.3 is 0 Å². The molecule has 0 saturated heterocycles. The Morgan fingerprint density at radius 2 is 1.69 bits per heavy atom. The quantitative estimate of drug-likeness (QED) is 0.325. The fraction of sp³-hybridized carbons (Fsp3) is 0.280. The number of rotatable bonds is 12. The Kier molecular flexibility index (Phi) is 8.74. The lowest BCUT2D eigenvalue weighted by molar-refractivity contribution is -0.114. The fourth-order valence-electron chi connectivity index (χ4n) is 3.05. The van der Waals surface area contributed by atoms with Crippen LogP contribution in [0.5, 0.6) is 5.75 Å². The molecule has 0 atom stereocenters. The fourth-order valence-corrected chi connectivity index (χ4v) is 3.05. The zero-order chi connectivity index (χ0) is 22.6. The second-order valence-corrected chi connectivity index (χ2v) is 7.35. The third-order valence-electron chi connectivity index (χ3n) is 4.72. The Balaban J connectivity index is 1.42. The van der Waals surface area contributed by atoms with E-state index in [-0.39, 0.29) is 24.1 Å². The van der Waals surface area contributed by atoms with Crippen molar-refractivity contribution in [3.8, 4) is 5.75 Å². The van der Waals surface area contributed by atoms with Crippen molar-refractivity contribution < 1.29 is 18.7 Å². The molecule has 0 aliphatic carbocycles. The smallest absolute Gasteiger partial charge is 0.291 e. The number of unbranched alkanes of at least 4 members (excludes halogenated alkanes) is 3. The predicted octanol–water partition coefficient (Wildman–Crippen LogP) is 5.54. The van der Waals surface area contributed by atoms with Gasteiger partial charge < -0.3 is 25.1 Å². The lowest BCUT2D eigenvalue weighted by Gasteiger charge is -2.10. The normalized spacial score (nSPS) is 10.4. The molecule has 7 heteroatoms. The molecule has 32 heavy (non-hydrogen) atoms. The van der Waals surface area contributed by atoms with Crippen LogP contribution in [0.25, 0.3) is 0 Å². The number of anilines is 3. The van der Waals surface area contributed by atoms with Crippen LogP contribution in [-0.4, -0.2) is 25.0 Å². The predicted molar refractivity (Wildman–Crippen MR) is 126 cm³/mol. The number of amides is 2. The first-order valence-corrected chi connectivity index (χ1v) is 10.9. The minimum absolute atomic E-state index is 0.0886. The van der Waals surface area contributed by atoms with Crippen molar-refractivity contribution in [2.75, 3.05) is 29.1 Å². The molecule has 0 fully saturated rings. The van der Waals surface area contributed by atoms with Crippen LogP contribution in [0.15, 0.2) is 71.3 Å². The van der Waals surface area contributed by atoms with Crippen LogP contribution in [-0.2, 0) is 4.79 Å². The van der Waals surface area contributed by atoms with Crippen LogP contribution >= 0.6 is 0 Å². The highest BCUT2D eigenvalue weighted by atomic mass is 16.5. The molecular weight excluding hydrogens is 406 g/mol. The van der Waals surface area contributed by atoms with E-state index in [0.29, 0.717) is 23.7 Å². The third-order valence-corrected chi connectivity index (χ3v) is 4.72. The van der Waals surface area contributed by atoms with Gasteiger partial charge in [-0.25, -0.2) is 0 Å². The third kappa shape index (κ3) is 7.50. The zero-order valence-corrected chi connectivity index (χ0v) is 18.2.